The number of amides is 1. The van der Waals surface area contributed by atoms with E-state index in [0.29, 0.717) is 12.4 Å². The van der Waals surface area contributed by atoms with E-state index in [9.17, 15) is 4.79 Å². The average Bonchev–Trinajstić information content (AvgIpc) is 2.18. The molecule has 14 heavy (non-hydrogen) atoms. The van der Waals surface area contributed by atoms with Crippen molar-refractivity contribution in [3.8, 4) is 0 Å². The van der Waals surface area contributed by atoms with Crippen molar-refractivity contribution in [1.82, 2.24) is 5.32 Å². The van der Waals surface area contributed by atoms with Crippen LogP contribution in [0.2, 0.25) is 0 Å². The van der Waals surface area contributed by atoms with Crippen LogP contribution in [-0.2, 0) is 4.79 Å². The van der Waals surface area contributed by atoms with Gasteiger partial charge in [-0.15, -0.1) is 11.6 Å². The zero-order chi connectivity index (χ0) is 10.4. The van der Waals surface area contributed by atoms with Crippen LogP contribution in [-0.4, -0.2) is 18.3 Å². The molecule has 1 aliphatic rings. The Labute approximate surface area is 90.0 Å². The molecule has 0 fully saturated rings. The summed E-state index contributed by atoms with van der Waals surface area (Å²) in [6, 6.07) is 0. The number of allylic oxidation sites excluding steroid dienone is 2. The molecule has 0 aromatic rings. The molecule has 1 rings (SSSR count). The zero-order valence-corrected chi connectivity index (χ0v) is 9.23. The van der Waals surface area contributed by atoms with Gasteiger partial charge in [0.2, 0.25) is 0 Å². The minimum Gasteiger partial charge on any atom is -0.352 e. The van der Waals surface area contributed by atoms with E-state index in [0.717, 1.165) is 24.8 Å². The Morgan fingerprint density at radius 3 is 3.07 bits per heavy atom. The van der Waals surface area contributed by atoms with Gasteiger partial charge < -0.3 is 5.32 Å². The van der Waals surface area contributed by atoms with Gasteiger partial charge in [0.25, 0.3) is 5.91 Å². The minimum absolute atomic E-state index is 0.0224. The predicted octanol–water partition coefficient (Wildman–Crippen LogP) is 2.40. The molecule has 0 radical (unpaired) electrons. The molecule has 1 aliphatic carbocycles. The van der Waals surface area contributed by atoms with Gasteiger partial charge in [-0.05, 0) is 26.2 Å². The average molecular weight is 214 g/mol. The highest BCUT2D eigenvalue weighted by molar-refractivity contribution is 6.17. The third kappa shape index (κ3) is 3.54. The Hall–Kier alpha value is -0.760. The first kappa shape index (κ1) is 11.3. The van der Waals surface area contributed by atoms with Gasteiger partial charge >= 0.3 is 0 Å². The summed E-state index contributed by atoms with van der Waals surface area (Å²) in [6.45, 7) is 2.71. The van der Waals surface area contributed by atoms with Gasteiger partial charge in [0.05, 0.1) is 0 Å². The van der Waals surface area contributed by atoms with Gasteiger partial charge in [0.15, 0.2) is 0 Å². The number of alkyl halides is 1. The lowest BCUT2D eigenvalue weighted by Gasteiger charge is -2.10. The first-order valence-corrected chi connectivity index (χ1v) is 5.49. The van der Waals surface area contributed by atoms with Crippen LogP contribution in [0.3, 0.4) is 0 Å². The van der Waals surface area contributed by atoms with Crippen molar-refractivity contribution in [1.29, 1.82) is 0 Å². The maximum atomic E-state index is 11.6. The molecule has 0 aromatic carbocycles. The van der Waals surface area contributed by atoms with Crippen LogP contribution in [0.5, 0.6) is 0 Å². The summed E-state index contributed by atoms with van der Waals surface area (Å²) in [5, 5.41) is 2.84. The summed E-state index contributed by atoms with van der Waals surface area (Å²) in [4.78, 5) is 11.6. The van der Waals surface area contributed by atoms with E-state index in [1.807, 2.05) is 12.2 Å². The van der Waals surface area contributed by atoms with E-state index in [1.165, 1.54) is 5.57 Å². The second kappa shape index (κ2) is 5.86. The summed E-state index contributed by atoms with van der Waals surface area (Å²) < 4.78 is 0. The SMILES string of the molecule is CC1=CC(C(=O)NCCCCl)=CCC1. The highest BCUT2D eigenvalue weighted by atomic mass is 35.5. The molecule has 2 nitrogen and oxygen atoms in total. The fraction of sp³-hybridized carbons (Fsp3) is 0.545. The second-order valence-electron chi connectivity index (χ2n) is 3.49. The number of hydrogen-bond acceptors (Lipinski definition) is 1. The first-order valence-electron chi connectivity index (χ1n) is 4.95. The molecule has 0 saturated carbocycles. The van der Waals surface area contributed by atoms with Crippen molar-refractivity contribution in [2.75, 3.05) is 12.4 Å². The van der Waals surface area contributed by atoms with E-state index in [-0.39, 0.29) is 5.91 Å². The van der Waals surface area contributed by atoms with Gasteiger partial charge in [-0.2, -0.15) is 0 Å². The number of rotatable bonds is 4. The molecule has 1 N–H and O–H groups in total. The third-order valence-electron chi connectivity index (χ3n) is 2.16. The molecule has 0 aromatic heterocycles. The van der Waals surface area contributed by atoms with Crippen LogP contribution < -0.4 is 5.32 Å². The molecule has 78 valence electrons. The Kier molecular flexibility index (Phi) is 4.74. The molecule has 0 heterocycles. The van der Waals surface area contributed by atoms with E-state index in [1.54, 1.807) is 0 Å². The van der Waals surface area contributed by atoms with Gasteiger partial charge in [0.1, 0.15) is 0 Å². The summed E-state index contributed by atoms with van der Waals surface area (Å²) in [7, 11) is 0. The second-order valence-corrected chi connectivity index (χ2v) is 3.87. The third-order valence-corrected chi connectivity index (χ3v) is 2.43. The molecule has 0 saturated heterocycles. The lowest BCUT2D eigenvalue weighted by atomic mass is 10.0. The van der Waals surface area contributed by atoms with Crippen LogP contribution in [0.25, 0.3) is 0 Å². The van der Waals surface area contributed by atoms with Crippen molar-refractivity contribution in [3.63, 3.8) is 0 Å². The highest BCUT2D eigenvalue weighted by Gasteiger charge is 2.09. The fourth-order valence-electron chi connectivity index (χ4n) is 1.38. The summed E-state index contributed by atoms with van der Waals surface area (Å²) >= 11 is 5.52. The van der Waals surface area contributed by atoms with Crippen molar-refractivity contribution >= 4 is 17.5 Å². The highest BCUT2D eigenvalue weighted by Crippen LogP contribution is 2.16. The smallest absolute Gasteiger partial charge is 0.250 e. The Bertz CT molecular complexity index is 268. The number of carbonyl (C=O) groups is 1. The van der Waals surface area contributed by atoms with Crippen LogP contribution in [0.4, 0.5) is 0 Å². The maximum Gasteiger partial charge on any atom is 0.250 e. The molecule has 1 amide bonds. The number of carbonyl (C=O) groups excluding carboxylic acids is 1. The van der Waals surface area contributed by atoms with E-state index < -0.39 is 0 Å². The lowest BCUT2D eigenvalue weighted by Crippen LogP contribution is -2.26. The predicted molar refractivity (Wildman–Crippen MR) is 59.4 cm³/mol. The number of halogens is 1. The molecule has 0 bridgehead atoms. The zero-order valence-electron chi connectivity index (χ0n) is 8.48. The van der Waals surface area contributed by atoms with Crippen LogP contribution in [0.1, 0.15) is 26.2 Å². The summed E-state index contributed by atoms with van der Waals surface area (Å²) in [5.41, 5.74) is 2.07. The molecule has 0 aliphatic heterocycles. The van der Waals surface area contributed by atoms with E-state index in [2.05, 4.69) is 12.2 Å². The normalized spacial score (nSPS) is 15.9. The minimum atomic E-state index is 0.0224. The van der Waals surface area contributed by atoms with Crippen LogP contribution in [0, 0.1) is 0 Å². The fourth-order valence-corrected chi connectivity index (χ4v) is 1.51. The standard InChI is InChI=1S/C11H16ClNO/c1-9-4-2-5-10(8-9)11(14)13-7-3-6-12/h5,8H,2-4,6-7H2,1H3,(H,13,14). The van der Waals surface area contributed by atoms with Crippen molar-refractivity contribution in [3.05, 3.63) is 23.3 Å². The van der Waals surface area contributed by atoms with E-state index in [4.69, 9.17) is 11.6 Å². The van der Waals surface area contributed by atoms with Crippen molar-refractivity contribution < 1.29 is 4.79 Å². The number of hydrogen-bond donors (Lipinski definition) is 1. The van der Waals surface area contributed by atoms with Gasteiger partial charge in [0, 0.05) is 18.0 Å². The molecule has 0 atom stereocenters. The Morgan fingerprint density at radius 1 is 1.64 bits per heavy atom. The monoisotopic (exact) mass is 213 g/mol. The Balaban J connectivity index is 2.41. The Morgan fingerprint density at radius 2 is 2.43 bits per heavy atom. The van der Waals surface area contributed by atoms with Crippen molar-refractivity contribution in [2.45, 2.75) is 26.2 Å². The molecule has 0 spiro atoms. The number of nitrogens with one attached hydrogen (secondary N) is 1. The summed E-state index contributed by atoms with van der Waals surface area (Å²) in [6.07, 6.45) is 6.81. The van der Waals surface area contributed by atoms with Crippen LogP contribution in [0.15, 0.2) is 23.3 Å². The summed E-state index contributed by atoms with van der Waals surface area (Å²) in [5.74, 6) is 0.614. The molecule has 0 unspecified atom stereocenters. The topological polar surface area (TPSA) is 29.1 Å². The quantitative estimate of drug-likeness (QED) is 0.564. The van der Waals surface area contributed by atoms with Gasteiger partial charge in [-0.25, -0.2) is 0 Å². The van der Waals surface area contributed by atoms with Gasteiger partial charge in [-0.1, -0.05) is 17.7 Å². The van der Waals surface area contributed by atoms with Gasteiger partial charge in [-0.3, -0.25) is 4.79 Å². The first-order chi connectivity index (χ1) is 6.74. The maximum absolute atomic E-state index is 11.6. The van der Waals surface area contributed by atoms with E-state index >= 15 is 0 Å². The molecule has 3 heteroatoms. The lowest BCUT2D eigenvalue weighted by molar-refractivity contribution is -0.117. The largest absolute Gasteiger partial charge is 0.352 e. The van der Waals surface area contributed by atoms with Crippen LogP contribution >= 0.6 is 11.6 Å². The molecular weight excluding hydrogens is 198 g/mol. The molecular formula is C11H16ClNO. The van der Waals surface area contributed by atoms with Crippen molar-refractivity contribution in [2.24, 2.45) is 0 Å².